The summed E-state index contributed by atoms with van der Waals surface area (Å²) in [5.74, 6) is 0. The second-order valence-corrected chi connectivity index (χ2v) is 17.7. The van der Waals surface area contributed by atoms with Gasteiger partial charge in [-0.1, -0.05) is 73.6 Å². The van der Waals surface area contributed by atoms with Crippen LogP contribution in [0, 0.1) is 10.8 Å². The summed E-state index contributed by atoms with van der Waals surface area (Å²) in [4.78, 5) is 0.504. The van der Waals surface area contributed by atoms with Crippen LogP contribution in [0.5, 0.6) is 0 Å². The van der Waals surface area contributed by atoms with Crippen molar-refractivity contribution in [2.24, 2.45) is 10.8 Å². The molecule has 8 heteroatoms. The second kappa shape index (κ2) is 15.9. The zero-order valence-corrected chi connectivity index (χ0v) is 31.1. The van der Waals surface area contributed by atoms with Crippen LogP contribution in [0.1, 0.15) is 92.2 Å². The lowest BCUT2D eigenvalue weighted by Crippen LogP contribution is -2.40. The fraction of sp³-hybridized carbons (Fsp3) is 0.474. The molecule has 46 heavy (non-hydrogen) atoms. The lowest BCUT2D eigenvalue weighted by Gasteiger charge is -2.41. The number of hydrogen-bond acceptors (Lipinski definition) is 6. The van der Waals surface area contributed by atoms with Gasteiger partial charge in [0.2, 0.25) is 0 Å². The molecule has 4 atom stereocenters. The van der Waals surface area contributed by atoms with E-state index in [0.29, 0.717) is 11.1 Å². The van der Waals surface area contributed by atoms with Gasteiger partial charge in [-0.15, -0.1) is 13.2 Å². The molecule has 0 radical (unpaired) electrons. The van der Waals surface area contributed by atoms with Crippen molar-refractivity contribution < 1.29 is 27.0 Å². The Bertz CT molecular complexity index is 1480. The minimum Gasteiger partial charge on any atom is -0.385 e. The molecule has 0 saturated carbocycles. The van der Waals surface area contributed by atoms with Crippen LogP contribution in [-0.4, -0.2) is 39.6 Å². The highest BCUT2D eigenvalue weighted by Crippen LogP contribution is 2.45. The molecule has 0 aliphatic rings. The zero-order chi connectivity index (χ0) is 35.8. The third-order valence-electron chi connectivity index (χ3n) is 9.25. The second-order valence-electron chi connectivity index (χ2n) is 13.6. The monoisotopic (exact) mass is 672 g/mol. The first-order valence-corrected chi connectivity index (χ1v) is 19.3. The van der Waals surface area contributed by atoms with Crippen LogP contribution in [0.2, 0.25) is 0 Å². The van der Waals surface area contributed by atoms with Crippen LogP contribution >= 0.6 is 0 Å². The third-order valence-corrected chi connectivity index (χ3v) is 11.5. The molecular weight excluding hydrogens is 617 g/mol. The van der Waals surface area contributed by atoms with Crippen LogP contribution in [0.25, 0.3) is 0 Å². The number of benzene rings is 2. The molecule has 0 saturated heterocycles. The fourth-order valence-corrected chi connectivity index (χ4v) is 6.38. The highest BCUT2D eigenvalue weighted by molar-refractivity contribution is 7.91. The molecule has 2 N–H and O–H groups in total. The van der Waals surface area contributed by atoms with Gasteiger partial charge in [0.05, 0.1) is 21.0 Å². The van der Waals surface area contributed by atoms with Gasteiger partial charge in [-0.05, 0) is 103 Å². The van der Waals surface area contributed by atoms with Crippen molar-refractivity contribution in [2.75, 3.05) is 12.5 Å². The van der Waals surface area contributed by atoms with E-state index in [0.717, 1.165) is 25.7 Å². The number of sulfone groups is 2. The molecule has 0 unspecified atom stereocenters. The van der Waals surface area contributed by atoms with Crippen molar-refractivity contribution in [3.8, 4) is 0 Å². The number of allylic oxidation sites excluding steroid dienone is 4. The van der Waals surface area contributed by atoms with Crippen LogP contribution in [0.15, 0.2) is 107 Å². The molecule has 0 bridgehead atoms. The van der Waals surface area contributed by atoms with E-state index in [-0.39, 0.29) is 9.79 Å². The number of rotatable bonds is 14. The van der Waals surface area contributed by atoms with Gasteiger partial charge in [0, 0.05) is 23.3 Å². The van der Waals surface area contributed by atoms with Crippen molar-refractivity contribution in [1.29, 1.82) is 0 Å². The van der Waals surface area contributed by atoms with Crippen LogP contribution in [0.3, 0.4) is 0 Å². The van der Waals surface area contributed by atoms with E-state index in [9.17, 15) is 27.0 Å². The van der Waals surface area contributed by atoms with Crippen molar-refractivity contribution in [3.05, 3.63) is 108 Å². The Balaban J connectivity index is 0.000000460. The Morgan fingerprint density at radius 3 is 1.07 bits per heavy atom. The van der Waals surface area contributed by atoms with Crippen molar-refractivity contribution in [3.63, 3.8) is 0 Å². The van der Waals surface area contributed by atoms with Crippen molar-refractivity contribution >= 4 is 19.7 Å². The van der Waals surface area contributed by atoms with Gasteiger partial charge in [-0.2, -0.15) is 0 Å². The average Bonchev–Trinajstić information content (AvgIpc) is 2.95. The molecule has 0 aliphatic heterocycles. The third kappa shape index (κ3) is 10.6. The molecular formula is C38H56O6S2. The maximum atomic E-state index is 11.6. The van der Waals surface area contributed by atoms with Crippen molar-refractivity contribution in [1.82, 2.24) is 0 Å². The molecule has 0 aromatic heterocycles. The first kappa shape index (κ1) is 41.2. The Hall–Kier alpha value is -2.78. The number of hydrogen-bond donors (Lipinski definition) is 2. The van der Waals surface area contributed by atoms with Gasteiger partial charge in [-0.25, -0.2) is 16.8 Å². The predicted molar refractivity (Wildman–Crippen MR) is 192 cm³/mol. The van der Waals surface area contributed by atoms with E-state index in [2.05, 4.69) is 25.3 Å². The molecule has 2 aromatic rings. The van der Waals surface area contributed by atoms with E-state index >= 15 is 0 Å². The largest absolute Gasteiger partial charge is 0.385 e. The molecule has 2 aromatic carbocycles. The fourth-order valence-electron chi connectivity index (χ4n) is 5.12. The predicted octanol–water partition coefficient (Wildman–Crippen LogP) is 8.47. The summed E-state index contributed by atoms with van der Waals surface area (Å²) in [6, 6.07) is 12.9. The van der Waals surface area contributed by atoms with Crippen LogP contribution < -0.4 is 0 Å². The van der Waals surface area contributed by atoms with Gasteiger partial charge in [0.15, 0.2) is 19.7 Å². The van der Waals surface area contributed by atoms with Crippen LogP contribution in [0.4, 0.5) is 0 Å². The smallest absolute Gasteiger partial charge is 0.175 e. The molecule has 256 valence electrons. The zero-order valence-electron chi connectivity index (χ0n) is 29.5. The molecule has 0 fully saturated rings. The first-order valence-electron chi connectivity index (χ1n) is 15.5. The molecule has 0 heterocycles. The van der Waals surface area contributed by atoms with E-state index in [4.69, 9.17) is 0 Å². The molecule has 0 spiro atoms. The van der Waals surface area contributed by atoms with Crippen molar-refractivity contribution in [2.45, 2.75) is 102 Å². The molecule has 0 amide bonds. The Morgan fingerprint density at radius 2 is 0.870 bits per heavy atom. The lowest BCUT2D eigenvalue weighted by atomic mass is 9.68. The Kier molecular flexibility index (Phi) is 14.2. The first-order chi connectivity index (χ1) is 20.9. The van der Waals surface area contributed by atoms with Crippen LogP contribution in [-0.2, 0) is 30.9 Å². The van der Waals surface area contributed by atoms with Gasteiger partial charge < -0.3 is 10.2 Å². The Labute approximate surface area is 279 Å². The summed E-state index contributed by atoms with van der Waals surface area (Å²) in [6.45, 7) is 23.5. The van der Waals surface area contributed by atoms with Gasteiger partial charge in [0.1, 0.15) is 0 Å². The number of aliphatic hydroxyl groups is 2. The maximum absolute atomic E-state index is 11.6. The lowest BCUT2D eigenvalue weighted by molar-refractivity contribution is -0.0442. The molecule has 0 aliphatic carbocycles. The SMILES string of the molecule is C=C[C@](C)(CCC=C(C)C)[C@](C)(O)c1ccc(S(C)(=O)=O)cc1.C=C[C@](C)(CCC=C(C)C)[C@](C)(O)c1ccc(S(C)(=O)=O)cc1. The highest BCUT2D eigenvalue weighted by atomic mass is 32.2. The molecule has 2 rings (SSSR count). The van der Waals surface area contributed by atoms with Gasteiger partial charge in [0.25, 0.3) is 0 Å². The summed E-state index contributed by atoms with van der Waals surface area (Å²) in [5.41, 5.74) is 0.536. The van der Waals surface area contributed by atoms with E-state index in [1.165, 1.54) is 23.7 Å². The summed E-state index contributed by atoms with van der Waals surface area (Å²) >= 11 is 0. The maximum Gasteiger partial charge on any atom is 0.175 e. The standard InChI is InChI=1S/2C19H28O3S/c2*1-7-18(4,14-8-9-15(2)3)19(5,20)16-10-12-17(13-11-16)23(6,21)22/h2*7,9-13,20H,1,8,14H2,2-6H3/t2*18-,19-/m11/s1. The minimum absolute atomic E-state index is 0.252. The van der Waals surface area contributed by atoms with Gasteiger partial charge >= 0.3 is 0 Å². The summed E-state index contributed by atoms with van der Waals surface area (Å²) in [6.07, 6.45) is 13.4. The quantitative estimate of drug-likeness (QED) is 0.195. The topological polar surface area (TPSA) is 109 Å². The average molecular weight is 673 g/mol. The summed E-state index contributed by atoms with van der Waals surface area (Å²) in [7, 11) is -6.48. The highest BCUT2D eigenvalue weighted by Gasteiger charge is 2.42. The van der Waals surface area contributed by atoms with E-state index < -0.39 is 41.7 Å². The van der Waals surface area contributed by atoms with E-state index in [1.807, 2.05) is 41.5 Å². The Morgan fingerprint density at radius 1 is 0.609 bits per heavy atom. The molecule has 6 nitrogen and oxygen atoms in total. The van der Waals surface area contributed by atoms with E-state index in [1.54, 1.807) is 74.5 Å². The summed E-state index contributed by atoms with van der Waals surface area (Å²) in [5, 5.41) is 22.2. The summed E-state index contributed by atoms with van der Waals surface area (Å²) < 4.78 is 46.3. The minimum atomic E-state index is -3.24. The van der Waals surface area contributed by atoms with Gasteiger partial charge in [-0.3, -0.25) is 0 Å². The normalized spacial score (nSPS) is 17.0.